The van der Waals surface area contributed by atoms with Crippen LogP contribution in [0.3, 0.4) is 0 Å². The SMILES string of the molecule is CCNC(=O)[C@H]1CC[C@@H](CNC(=O)c2ccc(-c3ccccc3C)c(C)c2)C1. The summed E-state index contributed by atoms with van der Waals surface area (Å²) < 4.78 is 0. The van der Waals surface area contributed by atoms with Crippen molar-refractivity contribution in [2.45, 2.75) is 40.0 Å². The van der Waals surface area contributed by atoms with E-state index in [0.717, 1.165) is 30.4 Å². The van der Waals surface area contributed by atoms with Crippen molar-refractivity contribution in [3.05, 3.63) is 59.2 Å². The Labute approximate surface area is 167 Å². The van der Waals surface area contributed by atoms with Crippen LogP contribution < -0.4 is 10.6 Å². The Morgan fingerprint density at radius 3 is 2.43 bits per heavy atom. The van der Waals surface area contributed by atoms with Crippen molar-refractivity contribution in [3.8, 4) is 11.1 Å². The van der Waals surface area contributed by atoms with Gasteiger partial charge in [0.05, 0.1) is 0 Å². The highest BCUT2D eigenvalue weighted by atomic mass is 16.2. The number of hydrogen-bond acceptors (Lipinski definition) is 2. The van der Waals surface area contributed by atoms with Crippen LogP contribution in [0.1, 0.15) is 47.7 Å². The number of amides is 2. The third kappa shape index (κ3) is 4.61. The van der Waals surface area contributed by atoms with Crippen molar-refractivity contribution in [2.75, 3.05) is 13.1 Å². The minimum absolute atomic E-state index is 0.0408. The zero-order chi connectivity index (χ0) is 20.1. The van der Waals surface area contributed by atoms with E-state index in [-0.39, 0.29) is 17.7 Å². The van der Waals surface area contributed by atoms with Gasteiger partial charge >= 0.3 is 0 Å². The van der Waals surface area contributed by atoms with E-state index in [9.17, 15) is 9.59 Å². The molecule has 2 amide bonds. The predicted molar refractivity (Wildman–Crippen MR) is 113 cm³/mol. The highest BCUT2D eigenvalue weighted by Gasteiger charge is 2.29. The van der Waals surface area contributed by atoms with E-state index >= 15 is 0 Å². The molecule has 1 saturated carbocycles. The van der Waals surface area contributed by atoms with Crippen molar-refractivity contribution in [3.63, 3.8) is 0 Å². The molecule has 0 saturated heterocycles. The molecule has 1 aliphatic rings. The fourth-order valence-electron chi connectivity index (χ4n) is 4.14. The number of hydrogen-bond donors (Lipinski definition) is 2. The van der Waals surface area contributed by atoms with Crippen molar-refractivity contribution < 1.29 is 9.59 Å². The van der Waals surface area contributed by atoms with Gasteiger partial charge in [-0.1, -0.05) is 30.3 Å². The fraction of sp³-hybridized carbons (Fsp3) is 0.417. The largest absolute Gasteiger partial charge is 0.356 e. The van der Waals surface area contributed by atoms with Gasteiger partial charge in [0.2, 0.25) is 5.91 Å². The third-order valence-corrected chi connectivity index (χ3v) is 5.74. The molecule has 4 heteroatoms. The molecule has 3 rings (SSSR count). The van der Waals surface area contributed by atoms with E-state index in [1.165, 1.54) is 11.1 Å². The van der Waals surface area contributed by atoms with Gasteiger partial charge in [-0.15, -0.1) is 0 Å². The Morgan fingerprint density at radius 2 is 1.71 bits per heavy atom. The number of rotatable bonds is 6. The highest BCUT2D eigenvalue weighted by Crippen LogP contribution is 2.31. The summed E-state index contributed by atoms with van der Waals surface area (Å²) in [6.45, 7) is 7.40. The Kier molecular flexibility index (Phi) is 6.50. The Bertz CT molecular complexity index is 859. The van der Waals surface area contributed by atoms with E-state index in [1.807, 2.05) is 44.2 Å². The summed E-state index contributed by atoms with van der Waals surface area (Å²) >= 11 is 0. The second-order valence-corrected chi connectivity index (χ2v) is 7.83. The van der Waals surface area contributed by atoms with Crippen LogP contribution in [0.5, 0.6) is 0 Å². The Morgan fingerprint density at radius 1 is 0.964 bits per heavy atom. The summed E-state index contributed by atoms with van der Waals surface area (Å²) in [6.07, 6.45) is 2.77. The molecule has 0 radical (unpaired) electrons. The molecule has 0 spiro atoms. The molecule has 2 atom stereocenters. The number of benzene rings is 2. The van der Waals surface area contributed by atoms with Crippen LogP contribution in [0.2, 0.25) is 0 Å². The minimum atomic E-state index is -0.0408. The first-order chi connectivity index (χ1) is 13.5. The maximum atomic E-state index is 12.6. The van der Waals surface area contributed by atoms with Gasteiger partial charge in [-0.2, -0.15) is 0 Å². The first-order valence-electron chi connectivity index (χ1n) is 10.2. The van der Waals surface area contributed by atoms with Gasteiger partial charge in [0.1, 0.15) is 0 Å². The van der Waals surface area contributed by atoms with Gasteiger partial charge in [-0.25, -0.2) is 0 Å². The van der Waals surface area contributed by atoms with Crippen LogP contribution in [-0.2, 0) is 4.79 Å². The van der Waals surface area contributed by atoms with E-state index < -0.39 is 0 Å². The molecular formula is C24H30N2O2. The lowest BCUT2D eigenvalue weighted by atomic mass is 9.95. The molecule has 1 fully saturated rings. The van der Waals surface area contributed by atoms with Gasteiger partial charge in [0, 0.05) is 24.6 Å². The van der Waals surface area contributed by atoms with E-state index in [0.29, 0.717) is 24.6 Å². The predicted octanol–water partition coefficient (Wildman–Crippen LogP) is 4.25. The molecule has 0 aliphatic heterocycles. The van der Waals surface area contributed by atoms with Gasteiger partial charge in [-0.3, -0.25) is 9.59 Å². The Balaban J connectivity index is 1.59. The van der Waals surface area contributed by atoms with Crippen LogP contribution in [-0.4, -0.2) is 24.9 Å². The summed E-state index contributed by atoms with van der Waals surface area (Å²) in [5.41, 5.74) is 5.38. The Hall–Kier alpha value is -2.62. The lowest BCUT2D eigenvalue weighted by Crippen LogP contribution is -2.31. The summed E-state index contributed by atoms with van der Waals surface area (Å²) in [4.78, 5) is 24.6. The molecule has 148 valence electrons. The van der Waals surface area contributed by atoms with Crippen LogP contribution in [0.4, 0.5) is 0 Å². The molecule has 28 heavy (non-hydrogen) atoms. The second kappa shape index (κ2) is 9.05. The summed E-state index contributed by atoms with van der Waals surface area (Å²) in [7, 11) is 0. The van der Waals surface area contributed by atoms with Crippen molar-refractivity contribution >= 4 is 11.8 Å². The number of carbonyl (C=O) groups is 2. The zero-order valence-electron chi connectivity index (χ0n) is 17.0. The number of nitrogens with one attached hydrogen (secondary N) is 2. The summed E-state index contributed by atoms with van der Waals surface area (Å²) in [6, 6.07) is 14.2. The average molecular weight is 379 g/mol. The molecule has 0 heterocycles. The van der Waals surface area contributed by atoms with Gasteiger partial charge in [-0.05, 0) is 80.3 Å². The molecule has 2 aromatic rings. The maximum absolute atomic E-state index is 12.6. The summed E-state index contributed by atoms with van der Waals surface area (Å²) in [5.74, 6) is 0.584. The molecule has 0 unspecified atom stereocenters. The van der Waals surface area contributed by atoms with E-state index in [2.05, 4.69) is 29.7 Å². The van der Waals surface area contributed by atoms with Crippen molar-refractivity contribution in [1.82, 2.24) is 10.6 Å². The van der Waals surface area contributed by atoms with Gasteiger partial charge in [0.25, 0.3) is 5.91 Å². The quantitative estimate of drug-likeness (QED) is 0.789. The van der Waals surface area contributed by atoms with E-state index in [4.69, 9.17) is 0 Å². The number of carbonyl (C=O) groups excluding carboxylic acids is 2. The smallest absolute Gasteiger partial charge is 0.251 e. The monoisotopic (exact) mass is 378 g/mol. The first kappa shape index (κ1) is 20.1. The normalized spacial score (nSPS) is 18.7. The lowest BCUT2D eigenvalue weighted by Gasteiger charge is -2.14. The van der Waals surface area contributed by atoms with Crippen molar-refractivity contribution in [1.29, 1.82) is 0 Å². The molecule has 1 aliphatic carbocycles. The molecule has 0 aromatic heterocycles. The molecule has 4 nitrogen and oxygen atoms in total. The van der Waals surface area contributed by atoms with Gasteiger partial charge < -0.3 is 10.6 Å². The van der Waals surface area contributed by atoms with Crippen molar-refractivity contribution in [2.24, 2.45) is 11.8 Å². The maximum Gasteiger partial charge on any atom is 0.251 e. The van der Waals surface area contributed by atoms with Crippen LogP contribution >= 0.6 is 0 Å². The van der Waals surface area contributed by atoms with Crippen LogP contribution in [0, 0.1) is 25.7 Å². The molecule has 2 N–H and O–H groups in total. The fourth-order valence-corrected chi connectivity index (χ4v) is 4.14. The second-order valence-electron chi connectivity index (χ2n) is 7.83. The highest BCUT2D eigenvalue weighted by molar-refractivity contribution is 5.95. The van der Waals surface area contributed by atoms with Crippen LogP contribution in [0.25, 0.3) is 11.1 Å². The third-order valence-electron chi connectivity index (χ3n) is 5.74. The molecule has 2 aromatic carbocycles. The average Bonchev–Trinajstić information content (AvgIpc) is 3.16. The lowest BCUT2D eigenvalue weighted by molar-refractivity contribution is -0.124. The molecule has 0 bridgehead atoms. The molecular weight excluding hydrogens is 348 g/mol. The first-order valence-corrected chi connectivity index (χ1v) is 10.2. The van der Waals surface area contributed by atoms with Gasteiger partial charge in [0.15, 0.2) is 0 Å². The minimum Gasteiger partial charge on any atom is -0.356 e. The zero-order valence-corrected chi connectivity index (χ0v) is 17.0. The van der Waals surface area contributed by atoms with Crippen LogP contribution in [0.15, 0.2) is 42.5 Å². The topological polar surface area (TPSA) is 58.2 Å². The number of aryl methyl sites for hydroxylation is 2. The standard InChI is InChI=1S/C24H30N2O2/c1-4-25-23(27)20-10-9-18(14-20)15-26-24(28)19-11-12-22(17(3)13-19)21-8-6-5-7-16(21)2/h5-8,11-13,18,20H,4,9-10,14-15H2,1-3H3,(H,25,27)(H,26,28)/t18-,20+/m1/s1. The van der Waals surface area contributed by atoms with E-state index in [1.54, 1.807) is 0 Å². The summed E-state index contributed by atoms with van der Waals surface area (Å²) in [5, 5.41) is 5.96.